The first-order chi connectivity index (χ1) is 19.8. The van der Waals surface area contributed by atoms with Crippen LogP contribution in [0.25, 0.3) is 28.1 Å². The van der Waals surface area contributed by atoms with E-state index in [-0.39, 0.29) is 12.3 Å². The van der Waals surface area contributed by atoms with E-state index < -0.39 is 28.6 Å². The highest BCUT2D eigenvalue weighted by Crippen LogP contribution is 2.46. The number of carbonyl (C=O) groups is 1. The molecule has 3 aromatic heterocycles. The second kappa shape index (κ2) is 10.5. The number of carbonyl (C=O) groups excluding carboxylic acids is 1. The summed E-state index contributed by atoms with van der Waals surface area (Å²) in [5, 5.41) is 4.88. The Hall–Kier alpha value is -3.17. The summed E-state index contributed by atoms with van der Waals surface area (Å²) in [6.07, 6.45) is 4.23. The summed E-state index contributed by atoms with van der Waals surface area (Å²) in [6.45, 7) is 0.0778. The largest absolute Gasteiger partial charge is 0.496 e. The van der Waals surface area contributed by atoms with Crippen LogP contribution in [-0.4, -0.2) is 102 Å². The van der Waals surface area contributed by atoms with E-state index in [4.69, 9.17) is 66.4 Å². The SMILES string of the molecule is [B]C([B])([B])OC1CC(N(C(=O)c2nn(-c3ccsc3)c3c2COc2cc(OC)c(-c4ccn(C)c4)cc2-3)C([B])([B])[B])C1. The average Bonchev–Trinajstić information content (AvgIpc) is 3.64. The first kappa shape index (κ1) is 28.9. The summed E-state index contributed by atoms with van der Waals surface area (Å²) in [6, 6.07) is 7.31. The van der Waals surface area contributed by atoms with Gasteiger partial charge in [0.2, 0.25) is 0 Å². The number of rotatable bonds is 8. The van der Waals surface area contributed by atoms with Gasteiger partial charge >= 0.3 is 0 Å². The van der Waals surface area contributed by atoms with Gasteiger partial charge in [0.1, 0.15) is 18.1 Å². The Bertz CT molecular complexity index is 1640. The van der Waals surface area contributed by atoms with Crippen molar-refractivity contribution in [1.82, 2.24) is 19.2 Å². The number of hydrogen-bond acceptors (Lipinski definition) is 6. The lowest BCUT2D eigenvalue weighted by molar-refractivity contribution is -0.0500. The lowest BCUT2D eigenvalue weighted by Crippen LogP contribution is -2.63. The number of fused-ring (bicyclic) bond motifs is 3. The van der Waals surface area contributed by atoms with Crippen LogP contribution in [0.4, 0.5) is 0 Å². The minimum absolute atomic E-state index is 0.0778. The Balaban J connectivity index is 1.45. The zero-order valence-corrected chi connectivity index (χ0v) is 24.0. The molecule has 1 aliphatic carbocycles. The van der Waals surface area contributed by atoms with Gasteiger partial charge in [-0.05, 0) is 41.7 Å². The Kier molecular flexibility index (Phi) is 7.25. The Morgan fingerprint density at radius 2 is 1.90 bits per heavy atom. The number of hydrogen-bond donors (Lipinski definition) is 0. The van der Waals surface area contributed by atoms with E-state index in [1.54, 1.807) is 11.8 Å². The van der Waals surface area contributed by atoms with E-state index in [0.29, 0.717) is 35.6 Å². The van der Waals surface area contributed by atoms with E-state index in [1.165, 1.54) is 16.2 Å². The normalized spacial score (nSPS) is 18.0. The van der Waals surface area contributed by atoms with E-state index in [9.17, 15) is 4.79 Å². The molecule has 8 nitrogen and oxygen atoms in total. The molecule has 1 saturated carbocycles. The minimum Gasteiger partial charge on any atom is -0.496 e. The molecule has 0 spiro atoms. The minimum atomic E-state index is -1.99. The number of benzene rings is 1. The van der Waals surface area contributed by atoms with Gasteiger partial charge < -0.3 is 23.7 Å². The van der Waals surface area contributed by atoms with Gasteiger partial charge in [-0.2, -0.15) is 16.4 Å². The number of aromatic nitrogens is 3. The fourth-order valence-corrected chi connectivity index (χ4v) is 6.19. The van der Waals surface area contributed by atoms with Crippen molar-refractivity contribution in [3.05, 3.63) is 58.7 Å². The lowest BCUT2D eigenvalue weighted by Gasteiger charge is -2.51. The highest BCUT2D eigenvalue weighted by atomic mass is 32.1. The Morgan fingerprint density at radius 1 is 1.14 bits per heavy atom. The van der Waals surface area contributed by atoms with Crippen LogP contribution in [-0.2, 0) is 18.4 Å². The summed E-state index contributed by atoms with van der Waals surface area (Å²) >= 11 is 1.51. The molecule has 0 atom stereocenters. The van der Waals surface area contributed by atoms with Crippen LogP contribution < -0.4 is 9.47 Å². The maximum atomic E-state index is 14.2. The van der Waals surface area contributed by atoms with Crippen molar-refractivity contribution in [1.29, 1.82) is 0 Å². The molecule has 4 heterocycles. The number of ether oxygens (including phenoxy) is 3. The molecule has 42 heavy (non-hydrogen) atoms. The summed E-state index contributed by atoms with van der Waals surface area (Å²) in [7, 11) is 38.7. The summed E-state index contributed by atoms with van der Waals surface area (Å²) in [5.41, 5.74) is 4.78. The van der Waals surface area contributed by atoms with Crippen LogP contribution >= 0.6 is 11.3 Å². The molecule has 1 amide bonds. The smallest absolute Gasteiger partial charge is 0.273 e. The van der Waals surface area contributed by atoms with Crippen molar-refractivity contribution >= 4 is 64.3 Å². The molecule has 0 N–H and O–H groups in total. The van der Waals surface area contributed by atoms with Gasteiger partial charge in [-0.3, -0.25) is 4.79 Å². The van der Waals surface area contributed by atoms with Crippen molar-refractivity contribution in [2.75, 3.05) is 7.11 Å². The molecule has 198 valence electrons. The highest BCUT2D eigenvalue weighted by molar-refractivity contribution is 7.08. The molecule has 1 aromatic carbocycles. The third kappa shape index (κ3) is 5.26. The van der Waals surface area contributed by atoms with Gasteiger partial charge in [-0.1, -0.05) is 5.24 Å². The fourth-order valence-electron chi connectivity index (χ4n) is 5.58. The molecule has 6 rings (SSSR count). The van der Waals surface area contributed by atoms with E-state index >= 15 is 0 Å². The van der Waals surface area contributed by atoms with Crippen molar-refractivity contribution in [2.24, 2.45) is 7.05 Å². The topological polar surface area (TPSA) is 70.8 Å². The van der Waals surface area contributed by atoms with Crippen molar-refractivity contribution in [2.45, 2.75) is 42.1 Å². The molecule has 15 heteroatoms. The molecule has 2 aliphatic rings. The number of thiophene rings is 1. The molecular weight excluding hydrogens is 541 g/mol. The van der Waals surface area contributed by atoms with Gasteiger partial charge in [0.15, 0.2) is 5.69 Å². The van der Waals surface area contributed by atoms with E-state index in [2.05, 4.69) is 0 Å². The van der Waals surface area contributed by atoms with Gasteiger partial charge in [0.25, 0.3) is 5.91 Å². The molecular formula is C27H22B6N4O4S. The lowest BCUT2D eigenvalue weighted by atomic mass is 9.47. The van der Waals surface area contributed by atoms with Crippen LogP contribution in [0.3, 0.4) is 0 Å². The summed E-state index contributed by atoms with van der Waals surface area (Å²) in [5.74, 6) is 0.717. The van der Waals surface area contributed by atoms with Crippen molar-refractivity contribution < 1.29 is 19.0 Å². The first-order valence-corrected chi connectivity index (χ1v) is 14.1. The molecule has 1 fully saturated rings. The zero-order valence-electron chi connectivity index (χ0n) is 23.2. The number of methoxy groups -OCH3 is 1. The molecule has 0 saturated heterocycles. The van der Waals surface area contributed by atoms with Gasteiger partial charge in [-0.15, -0.1) is 0 Å². The molecule has 0 bridgehead atoms. The highest BCUT2D eigenvalue weighted by Gasteiger charge is 2.44. The first-order valence-electron chi connectivity index (χ1n) is 13.2. The third-order valence-corrected chi connectivity index (χ3v) is 8.12. The monoisotopic (exact) mass is 564 g/mol. The number of amides is 1. The van der Waals surface area contributed by atoms with Crippen LogP contribution in [0.1, 0.15) is 28.9 Å². The predicted molar refractivity (Wildman–Crippen MR) is 166 cm³/mol. The number of aryl methyl sites for hydroxylation is 1. The van der Waals surface area contributed by atoms with Gasteiger partial charge in [0.05, 0.1) is 71.7 Å². The van der Waals surface area contributed by atoms with E-state index in [1.807, 2.05) is 59.0 Å². The second-order valence-corrected chi connectivity index (χ2v) is 11.5. The maximum Gasteiger partial charge on any atom is 0.273 e. The molecule has 1 aliphatic heterocycles. The molecule has 12 radical (unpaired) electrons. The van der Waals surface area contributed by atoms with Crippen LogP contribution in [0.2, 0.25) is 0 Å². The maximum absolute atomic E-state index is 14.2. The standard InChI is InChI=1S/C27H22B6N4O4S/c1-35-5-3-14(11-35)18-9-19-22(10-21(18)39-2)40-12-20-23(34-37(24(19)20)15-4-6-42-13-15)25(38)36(26(28,29)30)16-7-17(8-16)41-27(31,32)33/h3-6,9-11,13,16-17H,7-8,12H2,1-2H3. The van der Waals surface area contributed by atoms with Crippen LogP contribution in [0.15, 0.2) is 47.4 Å². The Morgan fingerprint density at radius 3 is 2.50 bits per heavy atom. The zero-order chi connectivity index (χ0) is 30.0. The predicted octanol–water partition coefficient (Wildman–Crippen LogP) is 1.73. The van der Waals surface area contributed by atoms with Gasteiger partial charge in [0, 0.05) is 59.2 Å². The van der Waals surface area contributed by atoms with Crippen molar-refractivity contribution in [3.63, 3.8) is 0 Å². The average molecular weight is 563 g/mol. The number of nitrogens with zero attached hydrogens (tertiary/aromatic N) is 4. The molecule has 4 aromatic rings. The molecule has 0 unspecified atom stereocenters. The van der Waals surface area contributed by atoms with E-state index in [0.717, 1.165) is 22.4 Å². The summed E-state index contributed by atoms with van der Waals surface area (Å²) < 4.78 is 21.0. The second-order valence-electron chi connectivity index (χ2n) is 10.8. The summed E-state index contributed by atoms with van der Waals surface area (Å²) in [4.78, 5) is 15.4. The fraction of sp³-hybridized carbons (Fsp3) is 0.333. The van der Waals surface area contributed by atoms with Crippen LogP contribution in [0.5, 0.6) is 11.5 Å². The third-order valence-electron chi connectivity index (χ3n) is 7.45. The Labute approximate surface area is 256 Å². The van der Waals surface area contributed by atoms with Crippen molar-refractivity contribution in [3.8, 4) is 39.6 Å². The van der Waals surface area contributed by atoms with Gasteiger partial charge in [-0.25, -0.2) is 4.68 Å². The quantitative estimate of drug-likeness (QED) is 0.306. The van der Waals surface area contributed by atoms with Crippen LogP contribution in [0, 0.1) is 0 Å².